The van der Waals surface area contributed by atoms with Crippen LogP contribution in [0.15, 0.2) is 53.4 Å². The highest BCUT2D eigenvalue weighted by molar-refractivity contribution is 7.89. The van der Waals surface area contributed by atoms with E-state index in [0.29, 0.717) is 18.5 Å². The van der Waals surface area contributed by atoms with Crippen LogP contribution in [0.2, 0.25) is 0 Å². The molecule has 1 N–H and O–H groups in total. The standard InChI is InChI=1S/C16H16N2O2S/c1-13-5-2-3-7-15(13)9-10-18-21(19,20)16-8-4-6-14(11-16)12-17/h2-8,11,18H,9-10H2,1H3. The van der Waals surface area contributed by atoms with Crippen LogP contribution in [0.5, 0.6) is 0 Å². The summed E-state index contributed by atoms with van der Waals surface area (Å²) in [7, 11) is -3.58. The average Bonchev–Trinajstić information content (AvgIpc) is 2.49. The van der Waals surface area contributed by atoms with Crippen molar-refractivity contribution in [3.63, 3.8) is 0 Å². The average molecular weight is 300 g/mol. The Hall–Kier alpha value is -2.16. The van der Waals surface area contributed by atoms with E-state index in [1.54, 1.807) is 12.1 Å². The third-order valence-electron chi connectivity index (χ3n) is 3.22. The van der Waals surface area contributed by atoms with E-state index in [0.717, 1.165) is 11.1 Å². The molecule has 0 bridgehead atoms. The van der Waals surface area contributed by atoms with Gasteiger partial charge in [-0.05, 0) is 42.7 Å². The fourth-order valence-corrected chi connectivity index (χ4v) is 3.10. The summed E-state index contributed by atoms with van der Waals surface area (Å²) in [4.78, 5) is 0.117. The van der Waals surface area contributed by atoms with Gasteiger partial charge in [-0.15, -0.1) is 0 Å². The van der Waals surface area contributed by atoms with Crippen LogP contribution < -0.4 is 4.72 Å². The Morgan fingerprint density at radius 3 is 2.62 bits per heavy atom. The summed E-state index contributed by atoms with van der Waals surface area (Å²) in [6.07, 6.45) is 0.629. The molecule has 0 spiro atoms. The third-order valence-corrected chi connectivity index (χ3v) is 4.68. The van der Waals surface area contributed by atoms with E-state index < -0.39 is 10.0 Å². The number of benzene rings is 2. The molecule has 0 unspecified atom stereocenters. The van der Waals surface area contributed by atoms with Gasteiger partial charge in [-0.1, -0.05) is 30.3 Å². The van der Waals surface area contributed by atoms with Gasteiger partial charge >= 0.3 is 0 Å². The number of rotatable bonds is 5. The number of aryl methyl sites for hydroxylation is 1. The van der Waals surface area contributed by atoms with Gasteiger partial charge in [0.1, 0.15) is 0 Å². The molecule has 0 aromatic heterocycles. The van der Waals surface area contributed by atoms with Crippen LogP contribution in [0.4, 0.5) is 0 Å². The molecule has 0 aliphatic rings. The Morgan fingerprint density at radius 2 is 1.90 bits per heavy atom. The van der Waals surface area contributed by atoms with Crippen molar-refractivity contribution in [2.24, 2.45) is 0 Å². The first-order chi connectivity index (χ1) is 10.0. The molecule has 0 amide bonds. The van der Waals surface area contributed by atoms with E-state index >= 15 is 0 Å². The van der Waals surface area contributed by atoms with Crippen LogP contribution in [0, 0.1) is 18.3 Å². The summed E-state index contributed by atoms with van der Waals surface area (Å²) in [6, 6.07) is 15.8. The molecule has 21 heavy (non-hydrogen) atoms. The second-order valence-electron chi connectivity index (χ2n) is 4.71. The van der Waals surface area contributed by atoms with Crippen molar-refractivity contribution in [3.05, 3.63) is 65.2 Å². The topological polar surface area (TPSA) is 70.0 Å². The molecule has 0 radical (unpaired) electrons. The number of hydrogen-bond acceptors (Lipinski definition) is 3. The molecule has 0 fully saturated rings. The number of nitrogens with zero attached hydrogens (tertiary/aromatic N) is 1. The fourth-order valence-electron chi connectivity index (χ4n) is 2.03. The van der Waals surface area contributed by atoms with Crippen LogP contribution >= 0.6 is 0 Å². The highest BCUT2D eigenvalue weighted by Crippen LogP contribution is 2.11. The van der Waals surface area contributed by atoms with Gasteiger partial charge in [0.05, 0.1) is 16.5 Å². The first-order valence-electron chi connectivity index (χ1n) is 6.57. The van der Waals surface area contributed by atoms with Gasteiger partial charge in [0.2, 0.25) is 10.0 Å². The van der Waals surface area contributed by atoms with E-state index in [-0.39, 0.29) is 4.90 Å². The van der Waals surface area contributed by atoms with Gasteiger partial charge < -0.3 is 0 Å². The minimum Gasteiger partial charge on any atom is -0.211 e. The Balaban J connectivity index is 2.05. The van der Waals surface area contributed by atoms with E-state index in [9.17, 15) is 8.42 Å². The molecular weight excluding hydrogens is 284 g/mol. The molecule has 0 saturated carbocycles. The molecule has 5 heteroatoms. The summed E-state index contributed by atoms with van der Waals surface area (Å²) in [5.74, 6) is 0. The van der Waals surface area contributed by atoms with Crippen molar-refractivity contribution in [2.75, 3.05) is 6.54 Å². The normalized spacial score (nSPS) is 11.0. The lowest BCUT2D eigenvalue weighted by Gasteiger charge is -2.08. The van der Waals surface area contributed by atoms with Crippen molar-refractivity contribution < 1.29 is 8.42 Å². The molecule has 0 saturated heterocycles. The number of sulfonamides is 1. The predicted octanol–water partition coefficient (Wildman–Crippen LogP) is 2.39. The van der Waals surface area contributed by atoms with Crippen molar-refractivity contribution in [2.45, 2.75) is 18.2 Å². The number of hydrogen-bond donors (Lipinski definition) is 1. The van der Waals surface area contributed by atoms with Crippen molar-refractivity contribution >= 4 is 10.0 Å². The van der Waals surface area contributed by atoms with Crippen LogP contribution in [0.1, 0.15) is 16.7 Å². The van der Waals surface area contributed by atoms with E-state index in [4.69, 9.17) is 5.26 Å². The lowest BCUT2D eigenvalue weighted by molar-refractivity contribution is 0.581. The van der Waals surface area contributed by atoms with Gasteiger partial charge in [0.15, 0.2) is 0 Å². The van der Waals surface area contributed by atoms with Gasteiger partial charge in [0.25, 0.3) is 0 Å². The SMILES string of the molecule is Cc1ccccc1CCNS(=O)(=O)c1cccc(C#N)c1. The lowest BCUT2D eigenvalue weighted by Crippen LogP contribution is -2.26. The van der Waals surface area contributed by atoms with Crippen LogP contribution in [-0.4, -0.2) is 15.0 Å². The summed E-state index contributed by atoms with van der Waals surface area (Å²) in [5.41, 5.74) is 2.59. The second kappa shape index (κ2) is 6.53. The summed E-state index contributed by atoms with van der Waals surface area (Å²) < 4.78 is 26.9. The van der Waals surface area contributed by atoms with Gasteiger partial charge in [-0.2, -0.15) is 5.26 Å². The minimum atomic E-state index is -3.58. The van der Waals surface area contributed by atoms with Crippen LogP contribution in [-0.2, 0) is 16.4 Å². The highest BCUT2D eigenvalue weighted by Gasteiger charge is 2.13. The van der Waals surface area contributed by atoms with Gasteiger partial charge in [0, 0.05) is 6.54 Å². The van der Waals surface area contributed by atoms with Gasteiger partial charge in [-0.3, -0.25) is 0 Å². The lowest BCUT2D eigenvalue weighted by atomic mass is 10.1. The first kappa shape index (κ1) is 15.2. The van der Waals surface area contributed by atoms with E-state index in [1.165, 1.54) is 12.1 Å². The molecule has 2 aromatic carbocycles. The van der Waals surface area contributed by atoms with Crippen molar-refractivity contribution in [1.82, 2.24) is 4.72 Å². The Bertz CT molecular complexity index is 777. The van der Waals surface area contributed by atoms with Crippen LogP contribution in [0.25, 0.3) is 0 Å². The maximum atomic E-state index is 12.2. The maximum Gasteiger partial charge on any atom is 0.240 e. The predicted molar refractivity (Wildman–Crippen MR) is 81.2 cm³/mol. The molecule has 2 rings (SSSR count). The minimum absolute atomic E-state index is 0.117. The Morgan fingerprint density at radius 1 is 1.14 bits per heavy atom. The molecule has 0 atom stereocenters. The molecule has 2 aromatic rings. The highest BCUT2D eigenvalue weighted by atomic mass is 32.2. The fraction of sp³-hybridized carbons (Fsp3) is 0.188. The molecule has 108 valence electrons. The van der Waals surface area contributed by atoms with Crippen molar-refractivity contribution in [3.8, 4) is 6.07 Å². The molecule has 0 aliphatic heterocycles. The zero-order valence-corrected chi connectivity index (χ0v) is 12.5. The second-order valence-corrected chi connectivity index (χ2v) is 6.48. The molecule has 0 heterocycles. The molecular formula is C16H16N2O2S. The summed E-state index contributed by atoms with van der Waals surface area (Å²) in [6.45, 7) is 2.32. The molecule has 4 nitrogen and oxygen atoms in total. The van der Waals surface area contributed by atoms with Gasteiger partial charge in [-0.25, -0.2) is 13.1 Å². The zero-order chi connectivity index (χ0) is 15.3. The number of nitriles is 1. The third kappa shape index (κ3) is 3.91. The largest absolute Gasteiger partial charge is 0.240 e. The Kier molecular flexibility index (Phi) is 4.73. The summed E-state index contributed by atoms with van der Waals surface area (Å²) >= 11 is 0. The zero-order valence-electron chi connectivity index (χ0n) is 11.7. The Labute approximate surface area is 125 Å². The molecule has 0 aliphatic carbocycles. The van der Waals surface area contributed by atoms with E-state index in [2.05, 4.69) is 4.72 Å². The smallest absolute Gasteiger partial charge is 0.211 e. The van der Waals surface area contributed by atoms with Crippen LogP contribution in [0.3, 0.4) is 0 Å². The quantitative estimate of drug-likeness (QED) is 0.921. The van der Waals surface area contributed by atoms with Crippen molar-refractivity contribution in [1.29, 1.82) is 5.26 Å². The van der Waals surface area contributed by atoms with E-state index in [1.807, 2.05) is 37.3 Å². The monoisotopic (exact) mass is 300 g/mol. The summed E-state index contributed by atoms with van der Waals surface area (Å²) in [5, 5.41) is 8.82. The number of nitrogens with one attached hydrogen (secondary N) is 1. The first-order valence-corrected chi connectivity index (χ1v) is 8.05. The maximum absolute atomic E-state index is 12.2.